The second kappa shape index (κ2) is 5.00. The Labute approximate surface area is 129 Å². The highest BCUT2D eigenvalue weighted by Gasteiger charge is 2.66. The van der Waals surface area contributed by atoms with Gasteiger partial charge in [0.2, 0.25) is 5.91 Å². The van der Waals surface area contributed by atoms with Crippen molar-refractivity contribution in [2.45, 2.75) is 38.1 Å². The van der Waals surface area contributed by atoms with Gasteiger partial charge < -0.3 is 15.2 Å². The fourth-order valence-electron chi connectivity index (χ4n) is 3.28. The van der Waals surface area contributed by atoms with Crippen LogP contribution in [-0.4, -0.2) is 24.1 Å². The number of hydrogen-bond donors (Lipinski definition) is 2. The Balaban J connectivity index is 1.83. The van der Waals surface area contributed by atoms with Crippen molar-refractivity contribution in [3.8, 4) is 5.75 Å². The zero-order valence-electron chi connectivity index (χ0n) is 12.9. The second-order valence-electron chi connectivity index (χ2n) is 6.74. The summed E-state index contributed by atoms with van der Waals surface area (Å²) in [6.07, 6.45) is 3.03. The van der Waals surface area contributed by atoms with Crippen molar-refractivity contribution in [3.63, 3.8) is 0 Å². The molecule has 2 aliphatic carbocycles. The molecule has 5 heteroatoms. The van der Waals surface area contributed by atoms with E-state index < -0.39 is 11.5 Å². The first-order valence-electron chi connectivity index (χ1n) is 7.57. The molecular formula is C17H21NO4. The number of amides is 1. The smallest absolute Gasteiger partial charge is 0.306 e. The summed E-state index contributed by atoms with van der Waals surface area (Å²) in [4.78, 5) is 23.7. The molecule has 1 aromatic rings. The number of carbonyl (C=O) groups excluding carboxylic acids is 1. The zero-order valence-corrected chi connectivity index (χ0v) is 12.9. The normalized spacial score (nSPS) is 23.5. The van der Waals surface area contributed by atoms with E-state index in [2.05, 4.69) is 5.32 Å². The van der Waals surface area contributed by atoms with E-state index in [1.165, 1.54) is 0 Å². The number of nitrogens with one attached hydrogen (secondary N) is 1. The summed E-state index contributed by atoms with van der Waals surface area (Å²) >= 11 is 0. The Kier molecular flexibility index (Phi) is 3.38. The summed E-state index contributed by atoms with van der Waals surface area (Å²) in [7, 11) is 1.56. The Morgan fingerprint density at radius 2 is 2.18 bits per heavy atom. The molecule has 2 unspecified atom stereocenters. The molecule has 2 aliphatic rings. The van der Waals surface area contributed by atoms with Crippen molar-refractivity contribution in [1.29, 1.82) is 0 Å². The van der Waals surface area contributed by atoms with E-state index in [0.717, 1.165) is 24.8 Å². The van der Waals surface area contributed by atoms with E-state index >= 15 is 0 Å². The van der Waals surface area contributed by atoms with Gasteiger partial charge in [-0.15, -0.1) is 0 Å². The van der Waals surface area contributed by atoms with Crippen molar-refractivity contribution in [2.75, 3.05) is 7.11 Å². The number of benzene rings is 1. The lowest BCUT2D eigenvalue weighted by atomic mass is 9.88. The lowest BCUT2D eigenvalue weighted by Gasteiger charge is -2.30. The first-order valence-corrected chi connectivity index (χ1v) is 7.57. The Hall–Kier alpha value is -2.04. The van der Waals surface area contributed by atoms with E-state index in [1.807, 2.05) is 6.07 Å². The summed E-state index contributed by atoms with van der Waals surface area (Å²) < 4.78 is 5.20. The fraction of sp³-hybridized carbons (Fsp3) is 0.529. The first kappa shape index (κ1) is 14.9. The van der Waals surface area contributed by atoms with Gasteiger partial charge in [-0.3, -0.25) is 9.59 Å². The van der Waals surface area contributed by atoms with Gasteiger partial charge in [0.15, 0.2) is 0 Å². The molecule has 1 aromatic carbocycles. The topological polar surface area (TPSA) is 75.6 Å². The number of hydrogen-bond acceptors (Lipinski definition) is 3. The van der Waals surface area contributed by atoms with Gasteiger partial charge >= 0.3 is 5.97 Å². The second-order valence-corrected chi connectivity index (χ2v) is 6.74. The lowest BCUT2D eigenvalue weighted by molar-refractivity contribution is -0.139. The maximum Gasteiger partial charge on any atom is 0.306 e. The Morgan fingerprint density at radius 1 is 1.45 bits per heavy atom. The van der Waals surface area contributed by atoms with Crippen LogP contribution in [0, 0.1) is 11.3 Å². The molecule has 0 radical (unpaired) electrons. The van der Waals surface area contributed by atoms with Crippen LogP contribution in [0.4, 0.5) is 0 Å². The van der Waals surface area contributed by atoms with E-state index in [0.29, 0.717) is 5.75 Å². The van der Waals surface area contributed by atoms with E-state index in [9.17, 15) is 14.7 Å². The molecule has 0 saturated heterocycles. The minimum absolute atomic E-state index is 0.0240. The van der Waals surface area contributed by atoms with Gasteiger partial charge in [-0.1, -0.05) is 12.1 Å². The van der Waals surface area contributed by atoms with Gasteiger partial charge in [-0.05, 0) is 49.3 Å². The highest BCUT2D eigenvalue weighted by molar-refractivity contribution is 5.85. The number of carbonyl (C=O) groups is 2. The predicted molar refractivity (Wildman–Crippen MR) is 80.5 cm³/mol. The Morgan fingerprint density at radius 3 is 2.73 bits per heavy atom. The number of carboxylic acids is 1. The summed E-state index contributed by atoms with van der Waals surface area (Å²) in [6, 6.07) is 7.21. The summed E-state index contributed by atoms with van der Waals surface area (Å²) in [6.45, 7) is 1.76. The van der Waals surface area contributed by atoms with Crippen LogP contribution in [0.5, 0.6) is 5.75 Å². The maximum absolute atomic E-state index is 12.5. The van der Waals surface area contributed by atoms with Crippen LogP contribution < -0.4 is 10.1 Å². The molecule has 0 aromatic heterocycles. The van der Waals surface area contributed by atoms with Gasteiger partial charge in [-0.25, -0.2) is 0 Å². The first-order chi connectivity index (χ1) is 10.4. The highest BCUT2D eigenvalue weighted by atomic mass is 16.5. The molecule has 1 spiro atoms. The number of methoxy groups -OCH3 is 1. The molecule has 2 N–H and O–H groups in total. The third-order valence-corrected chi connectivity index (χ3v) is 5.01. The Bertz CT molecular complexity index is 623. The third kappa shape index (κ3) is 2.67. The average Bonchev–Trinajstić information content (AvgIpc) is 3.38. The molecule has 2 atom stereocenters. The number of rotatable bonds is 6. The van der Waals surface area contributed by atoms with Crippen LogP contribution in [0.1, 0.15) is 38.2 Å². The van der Waals surface area contributed by atoms with Crippen LogP contribution in [0.3, 0.4) is 0 Å². The van der Waals surface area contributed by atoms with E-state index in [-0.39, 0.29) is 23.7 Å². The summed E-state index contributed by atoms with van der Waals surface area (Å²) in [5.41, 5.74) is 0.0618. The summed E-state index contributed by atoms with van der Waals surface area (Å²) in [5.74, 6) is -0.258. The zero-order chi connectivity index (χ0) is 16.0. The van der Waals surface area contributed by atoms with Gasteiger partial charge in [-0.2, -0.15) is 0 Å². The van der Waals surface area contributed by atoms with Crippen molar-refractivity contribution in [3.05, 3.63) is 29.8 Å². The molecule has 1 amide bonds. The van der Waals surface area contributed by atoms with Crippen molar-refractivity contribution in [1.82, 2.24) is 5.32 Å². The van der Waals surface area contributed by atoms with Crippen LogP contribution in [0.25, 0.3) is 0 Å². The van der Waals surface area contributed by atoms with Crippen molar-refractivity contribution in [2.24, 2.45) is 11.3 Å². The summed E-state index contributed by atoms with van der Waals surface area (Å²) in [5, 5.41) is 12.2. The van der Waals surface area contributed by atoms with Crippen LogP contribution in [-0.2, 0) is 15.1 Å². The monoisotopic (exact) mass is 303 g/mol. The molecule has 3 rings (SSSR count). The van der Waals surface area contributed by atoms with Crippen LogP contribution in [0.2, 0.25) is 0 Å². The number of carboxylic acid groups (broad SMARTS) is 1. The van der Waals surface area contributed by atoms with Crippen molar-refractivity contribution >= 4 is 11.9 Å². The predicted octanol–water partition coefficient (Wildman–Crippen LogP) is 2.30. The van der Waals surface area contributed by atoms with E-state index in [4.69, 9.17) is 4.74 Å². The van der Waals surface area contributed by atoms with Gasteiger partial charge in [0, 0.05) is 5.92 Å². The highest BCUT2D eigenvalue weighted by Crippen LogP contribution is 2.70. The molecule has 22 heavy (non-hydrogen) atoms. The maximum atomic E-state index is 12.5. The molecule has 0 bridgehead atoms. The SMILES string of the molecule is COc1cccc(C(C)(CC(=O)O)NC(=O)C2CC23CC3)c1. The molecule has 0 heterocycles. The minimum Gasteiger partial charge on any atom is -0.497 e. The van der Waals surface area contributed by atoms with Crippen LogP contribution in [0.15, 0.2) is 24.3 Å². The lowest BCUT2D eigenvalue weighted by Crippen LogP contribution is -2.46. The van der Waals surface area contributed by atoms with Crippen LogP contribution >= 0.6 is 0 Å². The third-order valence-electron chi connectivity index (χ3n) is 5.01. The quantitative estimate of drug-likeness (QED) is 0.845. The molecule has 118 valence electrons. The van der Waals surface area contributed by atoms with Gasteiger partial charge in [0.1, 0.15) is 5.75 Å². The molecule has 5 nitrogen and oxygen atoms in total. The largest absolute Gasteiger partial charge is 0.497 e. The molecule has 2 fully saturated rings. The number of ether oxygens (including phenoxy) is 1. The molecular weight excluding hydrogens is 282 g/mol. The van der Waals surface area contributed by atoms with Gasteiger partial charge in [0.25, 0.3) is 0 Å². The molecule has 0 aliphatic heterocycles. The van der Waals surface area contributed by atoms with Gasteiger partial charge in [0.05, 0.1) is 19.1 Å². The average molecular weight is 303 g/mol. The minimum atomic E-state index is -0.942. The number of aliphatic carboxylic acids is 1. The fourth-order valence-corrected chi connectivity index (χ4v) is 3.28. The van der Waals surface area contributed by atoms with Crippen molar-refractivity contribution < 1.29 is 19.4 Å². The molecule has 2 saturated carbocycles. The van der Waals surface area contributed by atoms with E-state index in [1.54, 1.807) is 32.2 Å². The standard InChI is InChI=1S/C17H21NO4/c1-16(10-14(19)20,11-4-3-5-12(8-11)22-2)18-15(21)13-9-17(13)6-7-17/h3-5,8,13H,6-7,9-10H2,1-2H3,(H,18,21)(H,19,20).